The monoisotopic (exact) mass is 210 g/mol. The average molecular weight is 210 g/mol. The molecule has 0 aliphatic carbocycles. The predicted molar refractivity (Wildman–Crippen MR) is 60.4 cm³/mol. The molecule has 0 heterocycles. The van der Waals surface area contributed by atoms with Crippen LogP contribution in [0.3, 0.4) is 0 Å². The standard InChI is InChI=1S/C10H15FN4/c1-6(2)7-3-8(11)9(13)4-10(7)15(14)5-12/h3-6,12H,13-14H2,1-2H3. The normalized spacial score (nSPS) is 10.5. The molecule has 82 valence electrons. The summed E-state index contributed by atoms with van der Waals surface area (Å²) in [5.41, 5.74) is 6.77. The first-order valence-electron chi connectivity index (χ1n) is 4.60. The zero-order chi connectivity index (χ0) is 11.6. The maximum Gasteiger partial charge on any atom is 0.146 e. The molecule has 1 rings (SSSR count). The van der Waals surface area contributed by atoms with Gasteiger partial charge < -0.3 is 5.73 Å². The number of nitrogens with zero attached hydrogens (tertiary/aromatic N) is 1. The SMILES string of the molecule is CC(C)c1cc(F)c(N)cc1N(N)C=N. The Morgan fingerprint density at radius 1 is 1.47 bits per heavy atom. The van der Waals surface area contributed by atoms with Crippen molar-refractivity contribution >= 4 is 17.7 Å². The molecule has 0 unspecified atom stereocenters. The van der Waals surface area contributed by atoms with E-state index in [0.717, 1.165) is 16.9 Å². The molecule has 5 N–H and O–H groups in total. The molecular weight excluding hydrogens is 195 g/mol. The van der Waals surface area contributed by atoms with Crippen LogP contribution in [0, 0.1) is 11.2 Å². The molecular formula is C10H15FN4. The summed E-state index contributed by atoms with van der Waals surface area (Å²) in [4.78, 5) is 0. The Balaban J connectivity index is 3.34. The Kier molecular flexibility index (Phi) is 3.26. The van der Waals surface area contributed by atoms with Crippen LogP contribution in [0.5, 0.6) is 0 Å². The molecule has 0 radical (unpaired) electrons. The van der Waals surface area contributed by atoms with Gasteiger partial charge in [0, 0.05) is 0 Å². The van der Waals surface area contributed by atoms with Gasteiger partial charge in [0.2, 0.25) is 0 Å². The number of anilines is 2. The van der Waals surface area contributed by atoms with E-state index in [9.17, 15) is 4.39 Å². The number of hydrazine groups is 1. The lowest BCUT2D eigenvalue weighted by Gasteiger charge is -2.19. The molecule has 15 heavy (non-hydrogen) atoms. The highest BCUT2D eigenvalue weighted by atomic mass is 19.1. The smallest absolute Gasteiger partial charge is 0.146 e. The summed E-state index contributed by atoms with van der Waals surface area (Å²) in [7, 11) is 0. The summed E-state index contributed by atoms with van der Waals surface area (Å²) in [6, 6.07) is 2.80. The van der Waals surface area contributed by atoms with Crippen molar-refractivity contribution in [3.05, 3.63) is 23.5 Å². The Labute approximate surface area is 88.2 Å². The zero-order valence-electron chi connectivity index (χ0n) is 8.79. The van der Waals surface area contributed by atoms with E-state index in [1.807, 2.05) is 13.8 Å². The Bertz CT molecular complexity index is 376. The lowest BCUT2D eigenvalue weighted by Crippen LogP contribution is -2.30. The number of hydrogen-bond donors (Lipinski definition) is 3. The van der Waals surface area contributed by atoms with Crippen molar-refractivity contribution in [2.45, 2.75) is 19.8 Å². The Hall–Kier alpha value is -1.62. The highest BCUT2D eigenvalue weighted by molar-refractivity contribution is 5.79. The predicted octanol–water partition coefficient (Wildman–Crippen LogP) is 1.82. The fraction of sp³-hybridized carbons (Fsp3) is 0.300. The first kappa shape index (κ1) is 11.5. The Morgan fingerprint density at radius 3 is 2.53 bits per heavy atom. The molecule has 0 fully saturated rings. The van der Waals surface area contributed by atoms with Gasteiger partial charge in [-0.1, -0.05) is 13.8 Å². The molecule has 1 aromatic carbocycles. The quantitative estimate of drug-likeness (QED) is 0.234. The van der Waals surface area contributed by atoms with Gasteiger partial charge in [-0.3, -0.25) is 10.4 Å². The number of nitrogens with one attached hydrogen (secondary N) is 1. The van der Waals surface area contributed by atoms with Gasteiger partial charge in [-0.05, 0) is 23.6 Å². The highest BCUT2D eigenvalue weighted by Gasteiger charge is 2.13. The number of nitrogen functional groups attached to an aromatic ring is 1. The molecule has 1 aromatic rings. The van der Waals surface area contributed by atoms with Gasteiger partial charge in [-0.25, -0.2) is 10.2 Å². The third kappa shape index (κ3) is 2.24. The van der Waals surface area contributed by atoms with Gasteiger partial charge in [0.25, 0.3) is 0 Å². The fourth-order valence-electron chi connectivity index (χ4n) is 1.35. The lowest BCUT2D eigenvalue weighted by molar-refractivity contribution is 0.628. The third-order valence-electron chi connectivity index (χ3n) is 2.19. The van der Waals surface area contributed by atoms with Gasteiger partial charge in [-0.15, -0.1) is 0 Å². The van der Waals surface area contributed by atoms with Crippen LogP contribution in [0.4, 0.5) is 15.8 Å². The summed E-state index contributed by atoms with van der Waals surface area (Å²) in [5, 5.41) is 8.17. The van der Waals surface area contributed by atoms with Crippen molar-refractivity contribution in [3.63, 3.8) is 0 Å². The highest BCUT2D eigenvalue weighted by Crippen LogP contribution is 2.29. The largest absolute Gasteiger partial charge is 0.396 e. The van der Waals surface area contributed by atoms with Gasteiger partial charge in [0.05, 0.1) is 11.4 Å². The second kappa shape index (κ2) is 4.27. The van der Waals surface area contributed by atoms with Gasteiger partial charge in [0.1, 0.15) is 12.2 Å². The minimum absolute atomic E-state index is 0.0340. The van der Waals surface area contributed by atoms with Crippen LogP contribution in [0.2, 0.25) is 0 Å². The topological polar surface area (TPSA) is 79.1 Å². The van der Waals surface area contributed by atoms with Crippen LogP contribution in [0.15, 0.2) is 12.1 Å². The van der Waals surface area contributed by atoms with E-state index < -0.39 is 5.82 Å². The zero-order valence-corrected chi connectivity index (χ0v) is 8.79. The molecule has 0 amide bonds. The van der Waals surface area contributed by atoms with Crippen LogP contribution in [0.25, 0.3) is 0 Å². The first-order chi connectivity index (χ1) is 6.97. The molecule has 0 aromatic heterocycles. The molecule has 4 nitrogen and oxygen atoms in total. The second-order valence-electron chi connectivity index (χ2n) is 3.62. The molecule has 5 heteroatoms. The maximum absolute atomic E-state index is 13.2. The summed E-state index contributed by atoms with van der Waals surface area (Å²) >= 11 is 0. The van der Waals surface area contributed by atoms with E-state index in [0.29, 0.717) is 5.69 Å². The first-order valence-corrected chi connectivity index (χ1v) is 4.60. The molecule has 0 spiro atoms. The van der Waals surface area contributed by atoms with E-state index in [4.69, 9.17) is 17.0 Å². The van der Waals surface area contributed by atoms with Gasteiger partial charge in [0.15, 0.2) is 0 Å². The number of nitrogens with two attached hydrogens (primary N) is 2. The minimum Gasteiger partial charge on any atom is -0.396 e. The summed E-state index contributed by atoms with van der Waals surface area (Å²) in [6.45, 7) is 3.85. The fourth-order valence-corrected chi connectivity index (χ4v) is 1.35. The average Bonchev–Trinajstić information content (AvgIpc) is 2.20. The van der Waals surface area contributed by atoms with Crippen molar-refractivity contribution in [1.29, 1.82) is 5.41 Å². The minimum atomic E-state index is -0.458. The van der Waals surface area contributed by atoms with Crippen LogP contribution in [0.1, 0.15) is 25.3 Å². The number of halogens is 1. The number of benzene rings is 1. The van der Waals surface area contributed by atoms with E-state index >= 15 is 0 Å². The van der Waals surface area contributed by atoms with Crippen LogP contribution < -0.4 is 16.6 Å². The molecule has 0 aliphatic rings. The molecule has 0 aliphatic heterocycles. The molecule has 0 saturated carbocycles. The van der Waals surface area contributed by atoms with E-state index in [1.165, 1.54) is 12.1 Å². The van der Waals surface area contributed by atoms with E-state index in [2.05, 4.69) is 0 Å². The lowest BCUT2D eigenvalue weighted by atomic mass is 10.00. The van der Waals surface area contributed by atoms with Gasteiger partial charge >= 0.3 is 0 Å². The number of hydrogen-bond acceptors (Lipinski definition) is 3. The van der Waals surface area contributed by atoms with Crippen molar-refractivity contribution < 1.29 is 4.39 Å². The van der Waals surface area contributed by atoms with Crippen molar-refractivity contribution in [1.82, 2.24) is 0 Å². The van der Waals surface area contributed by atoms with E-state index in [-0.39, 0.29) is 11.6 Å². The summed E-state index contributed by atoms with van der Waals surface area (Å²) in [6.07, 6.45) is 0.957. The van der Waals surface area contributed by atoms with Crippen molar-refractivity contribution in [3.8, 4) is 0 Å². The second-order valence-corrected chi connectivity index (χ2v) is 3.62. The van der Waals surface area contributed by atoms with E-state index in [1.54, 1.807) is 0 Å². The Morgan fingerprint density at radius 2 is 2.07 bits per heavy atom. The third-order valence-corrected chi connectivity index (χ3v) is 2.19. The summed E-state index contributed by atoms with van der Waals surface area (Å²) < 4.78 is 13.2. The van der Waals surface area contributed by atoms with Gasteiger partial charge in [-0.2, -0.15) is 0 Å². The maximum atomic E-state index is 13.2. The van der Waals surface area contributed by atoms with Crippen LogP contribution in [-0.2, 0) is 0 Å². The summed E-state index contributed by atoms with van der Waals surface area (Å²) in [5.74, 6) is 5.22. The van der Waals surface area contributed by atoms with Crippen LogP contribution >= 0.6 is 0 Å². The molecule has 0 saturated heterocycles. The van der Waals surface area contributed by atoms with Crippen molar-refractivity contribution in [2.24, 2.45) is 5.84 Å². The number of rotatable bonds is 3. The van der Waals surface area contributed by atoms with Crippen LogP contribution in [-0.4, -0.2) is 6.34 Å². The van der Waals surface area contributed by atoms with Crippen molar-refractivity contribution in [2.75, 3.05) is 10.7 Å². The molecule has 0 bridgehead atoms. The molecule has 0 atom stereocenters.